The fraction of sp³-hybridized carbons (Fsp3) is 0.0556. The van der Waals surface area contributed by atoms with Crippen LogP contribution < -0.4 is 16.6 Å². The smallest absolute Gasteiger partial charge is 0.262 e. The molecule has 3 aromatic rings. The minimum Gasteiger partial charge on any atom is -0.459 e. The average molecular weight is 351 g/mol. The molecule has 8 heteroatoms. The van der Waals surface area contributed by atoms with Crippen LogP contribution in [0.25, 0.3) is 17.0 Å². The van der Waals surface area contributed by atoms with Crippen LogP contribution in [-0.4, -0.2) is 21.5 Å². The number of aliphatic hydroxyl groups excluding tert-OH is 1. The van der Waals surface area contributed by atoms with Gasteiger partial charge in [0, 0.05) is 11.6 Å². The monoisotopic (exact) mass is 351 g/mol. The summed E-state index contributed by atoms with van der Waals surface area (Å²) in [5.41, 5.74) is 6.54. The first-order valence-corrected chi connectivity index (χ1v) is 7.71. The fourth-order valence-corrected chi connectivity index (χ4v) is 2.96. The van der Waals surface area contributed by atoms with Gasteiger partial charge in [0.2, 0.25) is 0 Å². The van der Waals surface area contributed by atoms with Crippen LogP contribution in [0.5, 0.6) is 0 Å². The maximum atomic E-state index is 12.5. The van der Waals surface area contributed by atoms with Gasteiger partial charge in [-0.25, -0.2) is 0 Å². The molecular weight excluding hydrogens is 338 g/mol. The number of benzene rings is 1. The van der Waals surface area contributed by atoms with Crippen molar-refractivity contribution in [2.24, 2.45) is 0 Å². The van der Waals surface area contributed by atoms with Gasteiger partial charge in [-0.15, -0.1) is 0 Å². The number of fused-ring (bicyclic) bond motifs is 1. The zero-order chi connectivity index (χ0) is 18.4. The minimum absolute atomic E-state index is 0.0134. The third-order valence-corrected chi connectivity index (χ3v) is 4.16. The predicted molar refractivity (Wildman–Crippen MR) is 91.9 cm³/mol. The van der Waals surface area contributed by atoms with Crippen molar-refractivity contribution in [1.82, 2.24) is 9.88 Å². The molecule has 0 unspecified atom stereocenters. The molecule has 26 heavy (non-hydrogen) atoms. The van der Waals surface area contributed by atoms with Crippen LogP contribution in [0.15, 0.2) is 51.7 Å². The fourth-order valence-electron chi connectivity index (χ4n) is 2.96. The lowest BCUT2D eigenvalue weighted by Crippen LogP contribution is -2.24. The van der Waals surface area contributed by atoms with E-state index in [1.165, 1.54) is 0 Å². The van der Waals surface area contributed by atoms with Crippen LogP contribution in [0.1, 0.15) is 26.5 Å². The summed E-state index contributed by atoms with van der Waals surface area (Å²) in [7, 11) is 0. The highest BCUT2D eigenvalue weighted by atomic mass is 16.4. The molecule has 4 N–H and O–H groups in total. The van der Waals surface area contributed by atoms with Gasteiger partial charge in [-0.3, -0.25) is 24.3 Å². The molecule has 0 aliphatic carbocycles. The number of nitrogen functional groups attached to an aromatic ring is 1. The molecule has 4 rings (SSSR count). The SMILES string of the molecule is Nc1c2c(cc(=O)n1-c1cccc(-c3ccc(CO)o3)c1)C(=O)NC2=O. The van der Waals surface area contributed by atoms with Gasteiger partial charge in [-0.05, 0) is 24.3 Å². The lowest BCUT2D eigenvalue weighted by molar-refractivity contribution is 0.0880. The predicted octanol–water partition coefficient (Wildman–Crippen LogP) is 1.06. The first-order valence-electron chi connectivity index (χ1n) is 7.71. The Morgan fingerprint density at radius 3 is 2.62 bits per heavy atom. The average Bonchev–Trinajstić information content (AvgIpc) is 3.20. The van der Waals surface area contributed by atoms with E-state index in [1.807, 2.05) is 0 Å². The summed E-state index contributed by atoms with van der Waals surface area (Å²) < 4.78 is 6.66. The number of hydrogen-bond acceptors (Lipinski definition) is 6. The van der Waals surface area contributed by atoms with Crippen molar-refractivity contribution in [2.45, 2.75) is 6.61 Å². The summed E-state index contributed by atoms with van der Waals surface area (Å²) in [6.45, 7) is -0.222. The maximum Gasteiger partial charge on any atom is 0.262 e. The van der Waals surface area contributed by atoms with Crippen molar-refractivity contribution in [3.05, 3.63) is 69.7 Å². The van der Waals surface area contributed by atoms with Gasteiger partial charge in [-0.2, -0.15) is 0 Å². The van der Waals surface area contributed by atoms with Crippen molar-refractivity contribution in [3.8, 4) is 17.0 Å². The Labute approximate surface area is 146 Å². The first-order chi connectivity index (χ1) is 12.5. The van der Waals surface area contributed by atoms with Crippen LogP contribution in [0, 0.1) is 0 Å². The topological polar surface area (TPSA) is 128 Å². The van der Waals surface area contributed by atoms with E-state index in [1.54, 1.807) is 36.4 Å². The molecule has 1 aromatic carbocycles. The highest BCUT2D eigenvalue weighted by Crippen LogP contribution is 2.27. The second kappa shape index (κ2) is 5.71. The zero-order valence-corrected chi connectivity index (χ0v) is 13.4. The van der Waals surface area contributed by atoms with E-state index in [9.17, 15) is 14.4 Å². The van der Waals surface area contributed by atoms with Gasteiger partial charge in [0.15, 0.2) is 0 Å². The number of aliphatic hydroxyl groups is 1. The molecule has 8 nitrogen and oxygen atoms in total. The highest BCUT2D eigenvalue weighted by molar-refractivity contribution is 6.23. The number of hydrogen-bond donors (Lipinski definition) is 3. The van der Waals surface area contributed by atoms with E-state index in [4.69, 9.17) is 15.3 Å². The van der Waals surface area contributed by atoms with Crippen LogP contribution in [0.2, 0.25) is 0 Å². The van der Waals surface area contributed by atoms with Gasteiger partial charge in [0.1, 0.15) is 23.9 Å². The van der Waals surface area contributed by atoms with Gasteiger partial charge in [0.25, 0.3) is 17.4 Å². The zero-order valence-electron chi connectivity index (χ0n) is 13.4. The molecule has 2 aromatic heterocycles. The van der Waals surface area contributed by atoms with E-state index in [-0.39, 0.29) is 23.6 Å². The molecule has 0 saturated heterocycles. The van der Waals surface area contributed by atoms with E-state index in [0.717, 1.165) is 10.6 Å². The summed E-state index contributed by atoms with van der Waals surface area (Å²) in [5.74, 6) is -0.456. The molecular formula is C18H13N3O5. The summed E-state index contributed by atoms with van der Waals surface area (Å²) >= 11 is 0. The summed E-state index contributed by atoms with van der Waals surface area (Å²) in [6, 6.07) is 11.2. The minimum atomic E-state index is -0.637. The molecule has 0 bridgehead atoms. The third-order valence-electron chi connectivity index (χ3n) is 4.16. The van der Waals surface area contributed by atoms with Crippen molar-refractivity contribution in [1.29, 1.82) is 0 Å². The van der Waals surface area contributed by atoms with Crippen LogP contribution in [0.3, 0.4) is 0 Å². The number of imide groups is 1. The summed E-state index contributed by atoms with van der Waals surface area (Å²) in [5, 5.41) is 11.2. The number of nitrogens with two attached hydrogens (primary N) is 1. The Morgan fingerprint density at radius 2 is 1.88 bits per heavy atom. The molecule has 0 radical (unpaired) electrons. The van der Waals surface area contributed by atoms with Gasteiger partial charge < -0.3 is 15.3 Å². The maximum absolute atomic E-state index is 12.5. The van der Waals surface area contributed by atoms with Crippen molar-refractivity contribution < 1.29 is 19.1 Å². The first kappa shape index (κ1) is 15.9. The molecule has 0 atom stereocenters. The number of furan rings is 1. The number of anilines is 1. The summed E-state index contributed by atoms with van der Waals surface area (Å²) in [4.78, 5) is 36.2. The number of pyridine rings is 1. The third kappa shape index (κ3) is 2.32. The van der Waals surface area contributed by atoms with Gasteiger partial charge in [0.05, 0.1) is 16.8 Å². The summed E-state index contributed by atoms with van der Waals surface area (Å²) in [6.07, 6.45) is 0. The number of rotatable bonds is 3. The van der Waals surface area contributed by atoms with E-state index in [0.29, 0.717) is 22.8 Å². The molecule has 130 valence electrons. The van der Waals surface area contributed by atoms with E-state index < -0.39 is 17.4 Å². The quantitative estimate of drug-likeness (QED) is 0.605. The van der Waals surface area contributed by atoms with Gasteiger partial charge >= 0.3 is 0 Å². The number of amides is 2. The lowest BCUT2D eigenvalue weighted by Gasteiger charge is -2.12. The van der Waals surface area contributed by atoms with Crippen LogP contribution in [0.4, 0.5) is 5.82 Å². The van der Waals surface area contributed by atoms with Crippen molar-refractivity contribution >= 4 is 17.6 Å². The van der Waals surface area contributed by atoms with Crippen LogP contribution in [-0.2, 0) is 6.61 Å². The van der Waals surface area contributed by atoms with Crippen LogP contribution >= 0.6 is 0 Å². The van der Waals surface area contributed by atoms with Gasteiger partial charge in [-0.1, -0.05) is 12.1 Å². The second-order valence-corrected chi connectivity index (χ2v) is 5.75. The van der Waals surface area contributed by atoms with E-state index >= 15 is 0 Å². The molecule has 1 aliphatic heterocycles. The Morgan fingerprint density at radius 1 is 1.08 bits per heavy atom. The number of aromatic nitrogens is 1. The number of carbonyl (C=O) groups excluding carboxylic acids is 2. The molecule has 0 saturated carbocycles. The molecule has 0 fully saturated rings. The normalized spacial score (nSPS) is 13.0. The number of nitrogens with zero attached hydrogens (tertiary/aromatic N) is 1. The Hall–Kier alpha value is -3.65. The Balaban J connectivity index is 1.88. The Kier molecular flexibility index (Phi) is 3.48. The second-order valence-electron chi connectivity index (χ2n) is 5.75. The Bertz CT molecular complexity index is 1130. The highest BCUT2D eigenvalue weighted by Gasteiger charge is 2.31. The molecule has 2 amide bonds. The standard InChI is InChI=1S/C18H13N3O5/c19-16-15-12(17(24)20-18(15)25)7-14(23)21(16)10-3-1-2-9(6-10)13-5-4-11(8-22)26-13/h1-7,22H,8,19H2,(H,20,24,25). The van der Waals surface area contributed by atoms with Crippen molar-refractivity contribution in [2.75, 3.05) is 5.73 Å². The number of nitrogens with one attached hydrogen (secondary N) is 1. The van der Waals surface area contributed by atoms with Crippen molar-refractivity contribution in [3.63, 3.8) is 0 Å². The molecule has 3 heterocycles. The number of carbonyl (C=O) groups is 2. The molecule has 0 spiro atoms. The van der Waals surface area contributed by atoms with E-state index in [2.05, 4.69) is 5.32 Å². The lowest BCUT2D eigenvalue weighted by atomic mass is 10.1. The molecule has 1 aliphatic rings. The largest absolute Gasteiger partial charge is 0.459 e.